The topological polar surface area (TPSA) is 65.7 Å². The van der Waals surface area contributed by atoms with Crippen molar-refractivity contribution in [3.05, 3.63) is 35.8 Å². The zero-order valence-electron chi connectivity index (χ0n) is 17.8. The fourth-order valence-electron chi connectivity index (χ4n) is 8.08. The van der Waals surface area contributed by atoms with E-state index >= 15 is 0 Å². The highest BCUT2D eigenvalue weighted by atomic mass is 19.1. The molecule has 4 aliphatic carbocycles. The zero-order chi connectivity index (χ0) is 21.4. The number of allylic oxidation sites excluding steroid dienone is 1. The molecule has 1 aromatic rings. The van der Waals surface area contributed by atoms with Gasteiger partial charge in [0.05, 0.1) is 12.4 Å². The molecule has 0 aromatic carbocycles. The van der Waals surface area contributed by atoms with Crippen molar-refractivity contribution in [1.82, 2.24) is 0 Å². The van der Waals surface area contributed by atoms with Crippen LogP contribution in [0.4, 0.5) is 4.39 Å². The summed E-state index contributed by atoms with van der Waals surface area (Å²) in [6, 6.07) is 3.53. The van der Waals surface area contributed by atoms with Gasteiger partial charge in [0, 0.05) is 11.8 Å². The van der Waals surface area contributed by atoms with Crippen LogP contribution in [-0.2, 0) is 19.1 Å². The number of rotatable bonds is 3. The highest BCUT2D eigenvalue weighted by Gasteiger charge is 2.74. The Hall–Kier alpha value is -1.79. The molecule has 3 saturated carbocycles. The van der Waals surface area contributed by atoms with Crippen LogP contribution in [0.25, 0.3) is 0 Å². The minimum absolute atomic E-state index is 0.253. The Morgan fingerprint density at radius 3 is 2.87 bits per heavy atom. The molecule has 6 rings (SSSR count). The third-order valence-corrected chi connectivity index (χ3v) is 9.35. The maximum atomic E-state index is 13.9. The van der Waals surface area contributed by atoms with Crippen LogP contribution in [0.15, 0.2) is 34.5 Å². The number of furan rings is 1. The molecule has 0 bridgehead atoms. The largest absolute Gasteiger partial charge is 0.464 e. The molecule has 5 aliphatic rings. The number of carbonyl (C=O) groups is 2. The number of carbonyl (C=O) groups excluding carboxylic acids is 2. The molecule has 31 heavy (non-hydrogen) atoms. The summed E-state index contributed by atoms with van der Waals surface area (Å²) in [4.78, 5) is 25.1. The van der Waals surface area contributed by atoms with Crippen molar-refractivity contribution < 1.29 is 27.9 Å². The van der Waals surface area contributed by atoms with Gasteiger partial charge in [-0.05, 0) is 80.4 Å². The van der Waals surface area contributed by atoms with Crippen molar-refractivity contribution >= 4 is 11.6 Å². The molecule has 5 nitrogen and oxygen atoms in total. The maximum Gasteiger partial charge on any atom is 0.218 e. The fraction of sp³-hybridized carbons (Fsp3) is 0.680. The normalized spacial score (nSPS) is 46.0. The van der Waals surface area contributed by atoms with E-state index in [9.17, 15) is 14.0 Å². The first-order valence-electron chi connectivity index (χ1n) is 11.7. The highest BCUT2D eigenvalue weighted by Crippen LogP contribution is 2.69. The first kappa shape index (κ1) is 19.9. The molecule has 0 radical (unpaired) electrons. The summed E-state index contributed by atoms with van der Waals surface area (Å²) in [5.74, 6) is 2.01. The van der Waals surface area contributed by atoms with Gasteiger partial charge in [0.1, 0.15) is 0 Å². The molecule has 0 spiro atoms. The van der Waals surface area contributed by atoms with Crippen molar-refractivity contribution in [3.63, 3.8) is 0 Å². The number of alkyl halides is 1. The van der Waals surface area contributed by atoms with Crippen LogP contribution in [0, 0.1) is 29.1 Å². The Bertz CT molecular complexity index is 938. The Kier molecular flexibility index (Phi) is 4.39. The predicted molar refractivity (Wildman–Crippen MR) is 109 cm³/mol. The lowest BCUT2D eigenvalue weighted by molar-refractivity contribution is -0.187. The Morgan fingerprint density at radius 2 is 2.10 bits per heavy atom. The van der Waals surface area contributed by atoms with E-state index in [4.69, 9.17) is 13.9 Å². The minimum atomic E-state index is -1.26. The standard InChI is InChI=1S/C25H29FO5/c1-24-9-8-17-16-7-5-15(27)11-14(16)4-6-18(17)19(24)12-22-25(24,21(28)13-26)31-23(30-22)20-3-2-10-29-20/h2-3,10-11,16-19,22-23H,4-9,12-13H2,1H3/t16-,17?,18?,19?,22+,23?,24-,25+/m0/s1. The van der Waals surface area contributed by atoms with E-state index in [0.717, 1.165) is 32.1 Å². The van der Waals surface area contributed by atoms with Crippen LogP contribution < -0.4 is 0 Å². The summed E-state index contributed by atoms with van der Waals surface area (Å²) in [5.41, 5.74) is -0.387. The summed E-state index contributed by atoms with van der Waals surface area (Å²) in [6.07, 6.45) is 8.30. The molecule has 166 valence electrons. The molecule has 1 aliphatic heterocycles. The Labute approximate surface area is 181 Å². The third-order valence-electron chi connectivity index (χ3n) is 9.35. The molecule has 8 atom stereocenters. The van der Waals surface area contributed by atoms with Crippen LogP contribution in [-0.4, -0.2) is 29.9 Å². The third kappa shape index (κ3) is 2.55. The van der Waals surface area contributed by atoms with E-state index in [-0.39, 0.29) is 11.7 Å². The van der Waals surface area contributed by atoms with Gasteiger partial charge in [-0.15, -0.1) is 0 Å². The number of Topliss-reactive ketones (excluding diaryl/α,β-unsaturated/α-hetero) is 1. The van der Waals surface area contributed by atoms with Gasteiger partial charge in [-0.2, -0.15) is 0 Å². The van der Waals surface area contributed by atoms with Crippen molar-refractivity contribution in [2.75, 3.05) is 6.67 Å². The fourth-order valence-corrected chi connectivity index (χ4v) is 8.08. The monoisotopic (exact) mass is 428 g/mol. The number of hydrogen-bond acceptors (Lipinski definition) is 5. The highest BCUT2D eigenvalue weighted by molar-refractivity contribution is 5.92. The van der Waals surface area contributed by atoms with Gasteiger partial charge >= 0.3 is 0 Å². The van der Waals surface area contributed by atoms with E-state index in [1.807, 2.05) is 6.08 Å². The molecule has 2 heterocycles. The second kappa shape index (κ2) is 6.85. The molecule has 1 aromatic heterocycles. The Balaban J connectivity index is 1.35. The number of hydrogen-bond donors (Lipinski definition) is 0. The minimum Gasteiger partial charge on any atom is -0.464 e. The summed E-state index contributed by atoms with van der Waals surface area (Å²) < 4.78 is 32.0. The van der Waals surface area contributed by atoms with Crippen molar-refractivity contribution in [1.29, 1.82) is 0 Å². The van der Waals surface area contributed by atoms with Crippen molar-refractivity contribution in [2.45, 2.75) is 69.9 Å². The lowest BCUT2D eigenvalue weighted by atomic mass is 9.50. The summed E-state index contributed by atoms with van der Waals surface area (Å²) in [6.45, 7) is 1.09. The quantitative estimate of drug-likeness (QED) is 0.697. The van der Waals surface area contributed by atoms with Crippen LogP contribution in [0.5, 0.6) is 0 Å². The maximum absolute atomic E-state index is 13.9. The molecule has 1 saturated heterocycles. The van der Waals surface area contributed by atoms with Gasteiger partial charge in [-0.1, -0.05) is 12.5 Å². The van der Waals surface area contributed by atoms with Crippen LogP contribution in [0.3, 0.4) is 0 Å². The number of ether oxygens (including phenoxy) is 2. The SMILES string of the molecule is C[C@]12CCC3C(CCC4=CC(=O)CC[C@@H]43)C1C[C@H]1OC(c3ccco3)O[C@]12C(=O)CF. The van der Waals surface area contributed by atoms with Crippen LogP contribution >= 0.6 is 0 Å². The van der Waals surface area contributed by atoms with Gasteiger partial charge < -0.3 is 13.9 Å². The summed E-state index contributed by atoms with van der Waals surface area (Å²) >= 11 is 0. The van der Waals surface area contributed by atoms with Gasteiger partial charge in [0.25, 0.3) is 0 Å². The zero-order valence-corrected chi connectivity index (χ0v) is 17.8. The number of halogens is 1. The summed E-state index contributed by atoms with van der Waals surface area (Å²) in [7, 11) is 0. The molecule has 4 unspecified atom stereocenters. The van der Waals surface area contributed by atoms with Gasteiger partial charge in [-0.3, -0.25) is 9.59 Å². The lowest BCUT2D eigenvalue weighted by Crippen LogP contribution is -2.59. The van der Waals surface area contributed by atoms with Crippen molar-refractivity contribution in [2.24, 2.45) is 29.1 Å². The van der Waals surface area contributed by atoms with Crippen molar-refractivity contribution in [3.8, 4) is 0 Å². The van der Waals surface area contributed by atoms with E-state index in [1.54, 1.807) is 18.4 Å². The summed E-state index contributed by atoms with van der Waals surface area (Å²) in [5, 5.41) is 0. The predicted octanol–water partition coefficient (Wildman–Crippen LogP) is 4.72. The van der Waals surface area contributed by atoms with Crippen LogP contribution in [0.2, 0.25) is 0 Å². The van der Waals surface area contributed by atoms with Gasteiger partial charge in [0.15, 0.2) is 29.6 Å². The smallest absolute Gasteiger partial charge is 0.218 e. The average Bonchev–Trinajstić information content (AvgIpc) is 3.47. The second-order valence-corrected chi connectivity index (χ2v) is 10.4. The van der Waals surface area contributed by atoms with Crippen LogP contribution in [0.1, 0.15) is 63.9 Å². The lowest BCUT2D eigenvalue weighted by Gasteiger charge is -2.55. The van der Waals surface area contributed by atoms with E-state index in [0.29, 0.717) is 36.4 Å². The number of fused-ring (bicyclic) bond motifs is 7. The van der Waals surface area contributed by atoms with E-state index < -0.39 is 35.9 Å². The molecule has 4 fully saturated rings. The van der Waals surface area contributed by atoms with E-state index in [1.165, 1.54) is 5.57 Å². The first-order chi connectivity index (χ1) is 15.0. The molecule has 0 N–H and O–H groups in total. The molecule has 6 heteroatoms. The van der Waals surface area contributed by atoms with Gasteiger partial charge in [-0.25, -0.2) is 4.39 Å². The second-order valence-electron chi connectivity index (χ2n) is 10.4. The number of ketones is 2. The molecular formula is C25H29FO5. The van der Waals surface area contributed by atoms with E-state index in [2.05, 4.69) is 6.92 Å². The Morgan fingerprint density at radius 1 is 1.23 bits per heavy atom. The first-order valence-corrected chi connectivity index (χ1v) is 11.7. The molecule has 0 amide bonds. The average molecular weight is 429 g/mol. The molecular weight excluding hydrogens is 399 g/mol. The van der Waals surface area contributed by atoms with Gasteiger partial charge in [0.2, 0.25) is 6.29 Å².